The van der Waals surface area contributed by atoms with Crippen LogP contribution in [0.5, 0.6) is 0 Å². The number of hydrogen-bond acceptors (Lipinski definition) is 9. The van der Waals surface area contributed by atoms with Gasteiger partial charge in [0.05, 0.1) is 38.5 Å². The Bertz CT molecular complexity index is 1240. The fourth-order valence-electron chi connectivity index (χ4n) is 4.53. The van der Waals surface area contributed by atoms with Crippen LogP contribution in [-0.2, 0) is 19.1 Å². The predicted octanol–water partition coefficient (Wildman–Crippen LogP) is 4.42. The molecule has 0 amide bonds. The molecular weight excluding hydrogens is 470 g/mol. The van der Waals surface area contributed by atoms with E-state index in [9.17, 15) is 35.1 Å². The normalized spacial score (nSPS) is 18.4. The van der Waals surface area contributed by atoms with Crippen molar-refractivity contribution in [2.45, 2.75) is 33.0 Å². The van der Waals surface area contributed by atoms with Crippen LogP contribution >= 0.6 is 0 Å². The summed E-state index contributed by atoms with van der Waals surface area (Å²) >= 11 is 0. The van der Waals surface area contributed by atoms with Crippen LogP contribution in [0.1, 0.15) is 38.0 Å². The molecule has 11 nitrogen and oxygen atoms in total. The van der Waals surface area contributed by atoms with Gasteiger partial charge in [0.2, 0.25) is 0 Å². The van der Waals surface area contributed by atoms with Crippen molar-refractivity contribution in [1.82, 2.24) is 0 Å². The van der Waals surface area contributed by atoms with Crippen molar-refractivity contribution in [2.24, 2.45) is 17.3 Å². The predicted molar refractivity (Wildman–Crippen MR) is 125 cm³/mol. The van der Waals surface area contributed by atoms with Crippen molar-refractivity contribution >= 4 is 23.3 Å². The second kappa shape index (κ2) is 9.95. The molecule has 2 aromatic rings. The van der Waals surface area contributed by atoms with Crippen molar-refractivity contribution in [3.05, 3.63) is 92.0 Å². The van der Waals surface area contributed by atoms with Gasteiger partial charge in [-0.3, -0.25) is 29.8 Å². The zero-order chi connectivity index (χ0) is 26.8. The fourth-order valence-corrected chi connectivity index (χ4v) is 4.53. The average molecular weight is 493 g/mol. The maximum atomic E-state index is 13.4. The number of nitro benzene ring substituents is 2. The molecule has 0 heterocycles. The van der Waals surface area contributed by atoms with Gasteiger partial charge in [-0.1, -0.05) is 44.7 Å². The molecule has 3 atom stereocenters. The number of carbonyl (C=O) groups excluding carboxylic acids is 2. The molecule has 186 valence electrons. The van der Waals surface area contributed by atoms with Gasteiger partial charge >= 0.3 is 11.9 Å². The first kappa shape index (κ1) is 26.0. The molecule has 0 spiro atoms. The Morgan fingerprint density at radius 2 is 1.47 bits per heavy atom. The maximum Gasteiger partial charge on any atom is 0.310 e. The lowest BCUT2D eigenvalue weighted by molar-refractivity contribution is -0.387. The summed E-state index contributed by atoms with van der Waals surface area (Å²) in [6, 6.07) is 12.8. The van der Waals surface area contributed by atoms with Crippen LogP contribution < -0.4 is 0 Å². The summed E-state index contributed by atoms with van der Waals surface area (Å²) < 4.78 is 11.0. The van der Waals surface area contributed by atoms with Gasteiger partial charge < -0.3 is 9.47 Å². The third-order valence-electron chi connectivity index (χ3n) is 6.34. The number of ether oxygens (including phenoxy) is 2. The third-order valence-corrected chi connectivity index (χ3v) is 6.34. The van der Waals surface area contributed by atoms with Crippen LogP contribution in [-0.4, -0.2) is 27.9 Å². The highest BCUT2D eigenvalue weighted by Gasteiger charge is 2.67. The SMILES string of the molecule is C=C(C#N)C(OC(C)=O)C1C(C(=O)OC(c2ccccc2[N+](=O)[O-])c2ccccc2[N+](=O)[O-])C1(C)C. The highest BCUT2D eigenvalue weighted by Crippen LogP contribution is 2.62. The van der Waals surface area contributed by atoms with E-state index in [0.29, 0.717) is 0 Å². The van der Waals surface area contributed by atoms with E-state index in [0.717, 1.165) is 0 Å². The van der Waals surface area contributed by atoms with Gasteiger partial charge in [-0.25, -0.2) is 0 Å². The van der Waals surface area contributed by atoms with Crippen LogP contribution in [0.4, 0.5) is 11.4 Å². The lowest BCUT2D eigenvalue weighted by atomic mass is 9.98. The minimum atomic E-state index is -1.47. The van der Waals surface area contributed by atoms with Crippen molar-refractivity contribution in [3.8, 4) is 6.07 Å². The van der Waals surface area contributed by atoms with E-state index < -0.39 is 51.2 Å². The van der Waals surface area contributed by atoms with Gasteiger partial charge in [-0.05, 0) is 17.5 Å². The summed E-state index contributed by atoms with van der Waals surface area (Å²) in [5, 5.41) is 32.7. The minimum absolute atomic E-state index is 0.0434. The quantitative estimate of drug-likeness (QED) is 0.213. The van der Waals surface area contributed by atoms with Crippen molar-refractivity contribution < 1.29 is 28.9 Å². The van der Waals surface area contributed by atoms with Crippen LogP contribution in [0.15, 0.2) is 60.7 Å². The van der Waals surface area contributed by atoms with E-state index in [4.69, 9.17) is 9.47 Å². The zero-order valence-electron chi connectivity index (χ0n) is 19.7. The number of esters is 2. The van der Waals surface area contributed by atoms with Crippen LogP contribution in [0.3, 0.4) is 0 Å². The first-order valence-electron chi connectivity index (χ1n) is 10.8. The number of rotatable bonds is 9. The molecule has 2 aromatic carbocycles. The van der Waals surface area contributed by atoms with Gasteiger partial charge in [0.25, 0.3) is 11.4 Å². The Kier molecular flexibility index (Phi) is 7.19. The first-order valence-corrected chi connectivity index (χ1v) is 10.8. The average Bonchev–Trinajstić information content (AvgIpc) is 3.41. The molecule has 36 heavy (non-hydrogen) atoms. The fraction of sp³-hybridized carbons (Fsp3) is 0.320. The lowest BCUT2D eigenvalue weighted by Gasteiger charge is -2.20. The van der Waals surface area contributed by atoms with Crippen LogP contribution in [0, 0.1) is 48.8 Å². The van der Waals surface area contributed by atoms with Gasteiger partial charge in [0, 0.05) is 25.0 Å². The Morgan fingerprint density at radius 1 is 1.00 bits per heavy atom. The number of hydrogen-bond donors (Lipinski definition) is 0. The maximum absolute atomic E-state index is 13.4. The van der Waals surface area contributed by atoms with Crippen molar-refractivity contribution in [2.75, 3.05) is 0 Å². The standard InChI is InChI=1S/C25H23N3O8/c1-14(13-26)22(35-15(2)29)20-21(25(20,3)4)24(30)36-23(16-9-5-7-11-18(16)27(31)32)17-10-6-8-12-19(17)28(33)34/h5-12,20-23H,1H2,2-4H3. The zero-order valence-corrected chi connectivity index (χ0v) is 19.7. The number of nitriles is 1. The second-order valence-corrected chi connectivity index (χ2v) is 8.94. The molecule has 0 N–H and O–H groups in total. The third kappa shape index (κ3) is 4.93. The van der Waals surface area contributed by atoms with Crippen LogP contribution in [0.25, 0.3) is 0 Å². The molecule has 1 saturated carbocycles. The molecule has 0 aliphatic heterocycles. The summed E-state index contributed by atoms with van der Waals surface area (Å²) in [6.45, 7) is 8.23. The summed E-state index contributed by atoms with van der Waals surface area (Å²) in [7, 11) is 0. The summed E-state index contributed by atoms with van der Waals surface area (Å²) in [4.78, 5) is 47.1. The first-order chi connectivity index (χ1) is 16.9. The summed E-state index contributed by atoms with van der Waals surface area (Å²) in [5.41, 5.74) is -1.68. The lowest BCUT2D eigenvalue weighted by Crippen LogP contribution is -2.24. The van der Waals surface area contributed by atoms with E-state index in [-0.39, 0.29) is 28.1 Å². The van der Waals surface area contributed by atoms with Crippen molar-refractivity contribution in [3.63, 3.8) is 0 Å². The summed E-state index contributed by atoms with van der Waals surface area (Å²) in [5.74, 6) is -3.00. The Hall–Kier alpha value is -4.59. The highest BCUT2D eigenvalue weighted by molar-refractivity contribution is 5.79. The number of carbonyl (C=O) groups is 2. The molecular formula is C25H23N3O8. The van der Waals surface area contributed by atoms with E-state index in [1.54, 1.807) is 13.8 Å². The number of nitrogens with zero attached hydrogens (tertiary/aromatic N) is 3. The smallest absolute Gasteiger partial charge is 0.310 e. The highest BCUT2D eigenvalue weighted by atomic mass is 16.6. The van der Waals surface area contributed by atoms with Gasteiger partial charge in [-0.2, -0.15) is 5.26 Å². The second-order valence-electron chi connectivity index (χ2n) is 8.94. The molecule has 0 saturated heterocycles. The summed E-state index contributed by atoms with van der Waals surface area (Å²) in [6.07, 6.45) is -2.54. The van der Waals surface area contributed by atoms with Gasteiger partial charge in [0.15, 0.2) is 6.10 Å². The molecule has 0 bridgehead atoms. The molecule has 1 aliphatic rings. The topological polar surface area (TPSA) is 163 Å². The van der Waals surface area contributed by atoms with E-state index in [1.807, 2.05) is 6.07 Å². The number of para-hydroxylation sites is 2. The Morgan fingerprint density at radius 3 is 1.89 bits per heavy atom. The number of nitro groups is 2. The molecule has 3 unspecified atom stereocenters. The molecule has 0 aromatic heterocycles. The van der Waals surface area contributed by atoms with E-state index >= 15 is 0 Å². The molecule has 1 aliphatic carbocycles. The van der Waals surface area contributed by atoms with Crippen LogP contribution in [0.2, 0.25) is 0 Å². The van der Waals surface area contributed by atoms with Crippen molar-refractivity contribution in [1.29, 1.82) is 5.26 Å². The molecule has 11 heteroatoms. The van der Waals surface area contributed by atoms with E-state index in [2.05, 4.69) is 6.58 Å². The molecule has 1 fully saturated rings. The molecule has 0 radical (unpaired) electrons. The Labute approximate surface area is 206 Å². The van der Waals surface area contributed by atoms with Gasteiger partial charge in [-0.15, -0.1) is 0 Å². The molecule has 3 rings (SSSR count). The largest absolute Gasteiger partial charge is 0.457 e. The minimum Gasteiger partial charge on any atom is -0.457 e. The van der Waals surface area contributed by atoms with Gasteiger partial charge in [0.1, 0.15) is 6.10 Å². The van der Waals surface area contributed by atoms with E-state index in [1.165, 1.54) is 55.5 Å². The Balaban J connectivity index is 2.06. The number of benzene rings is 2. The monoisotopic (exact) mass is 493 g/mol.